The summed E-state index contributed by atoms with van der Waals surface area (Å²) in [5.41, 5.74) is 0.392. The molecule has 0 aliphatic heterocycles. The molecule has 0 atom stereocenters. The lowest BCUT2D eigenvalue weighted by Gasteiger charge is -2.11. The number of anilines is 1. The molecule has 5 N–H and O–H groups in total. The van der Waals surface area contributed by atoms with Crippen molar-refractivity contribution in [2.75, 3.05) is 46.7 Å². The van der Waals surface area contributed by atoms with Gasteiger partial charge in [0.1, 0.15) is 11.4 Å². The fourth-order valence-electron chi connectivity index (χ4n) is 2.29. The molecule has 0 aliphatic rings. The van der Waals surface area contributed by atoms with E-state index >= 15 is 0 Å². The molecule has 1 heterocycles. The van der Waals surface area contributed by atoms with Crippen molar-refractivity contribution in [3.8, 4) is 17.2 Å². The quantitative estimate of drug-likeness (QED) is 0.288. The summed E-state index contributed by atoms with van der Waals surface area (Å²) < 4.78 is 10.2. The predicted octanol–water partition coefficient (Wildman–Crippen LogP) is 1.12. The van der Waals surface area contributed by atoms with Crippen molar-refractivity contribution >= 4 is 40.2 Å². The van der Waals surface area contributed by atoms with E-state index in [1.54, 1.807) is 5.38 Å². The third-order valence-electron chi connectivity index (χ3n) is 3.92. The average Bonchev–Trinajstić information content (AvgIpc) is 3.26. The van der Waals surface area contributed by atoms with Crippen molar-refractivity contribution in [3.05, 3.63) is 40.9 Å². The van der Waals surface area contributed by atoms with Crippen LogP contribution in [0.3, 0.4) is 0 Å². The van der Waals surface area contributed by atoms with Crippen LogP contribution in [-0.2, 0) is 9.59 Å². The van der Waals surface area contributed by atoms with E-state index in [4.69, 9.17) is 19.7 Å². The van der Waals surface area contributed by atoms with Crippen LogP contribution >= 0.6 is 11.3 Å². The maximum atomic E-state index is 12.5. The van der Waals surface area contributed by atoms with Crippen molar-refractivity contribution in [2.45, 2.75) is 0 Å². The molecule has 0 radical (unpaired) electrons. The second-order valence-corrected chi connectivity index (χ2v) is 7.64. The third-order valence-corrected chi connectivity index (χ3v) is 4.67. The van der Waals surface area contributed by atoms with E-state index in [1.807, 2.05) is 19.0 Å². The smallest absolute Gasteiger partial charge is 0.328 e. The third kappa shape index (κ3) is 10.1. The molecule has 1 aromatic carbocycles. The first-order valence-electron chi connectivity index (χ1n) is 9.77. The van der Waals surface area contributed by atoms with E-state index in [0.29, 0.717) is 25.2 Å². The van der Waals surface area contributed by atoms with Crippen LogP contribution in [-0.4, -0.2) is 90.4 Å². The molecular formula is C21H26N4O9S. The van der Waals surface area contributed by atoms with E-state index in [9.17, 15) is 24.3 Å². The molecule has 0 saturated carbocycles. The van der Waals surface area contributed by atoms with Crippen LogP contribution in [0.25, 0.3) is 0 Å². The van der Waals surface area contributed by atoms with Crippen molar-refractivity contribution in [1.82, 2.24) is 15.2 Å². The van der Waals surface area contributed by atoms with Gasteiger partial charge in [-0.05, 0) is 14.1 Å². The maximum absolute atomic E-state index is 12.5. The molecule has 0 aliphatic carbocycles. The van der Waals surface area contributed by atoms with Crippen molar-refractivity contribution in [3.63, 3.8) is 0 Å². The summed E-state index contributed by atoms with van der Waals surface area (Å²) in [4.78, 5) is 49.8. The molecule has 2 amide bonds. The molecule has 0 bridgehead atoms. The molecule has 0 unspecified atom stereocenters. The summed E-state index contributed by atoms with van der Waals surface area (Å²) in [6.45, 7) is 1.21. The molecule has 0 saturated heterocycles. The number of phenolic OH excluding ortho intramolecular Hbond substituents is 1. The van der Waals surface area contributed by atoms with Crippen LogP contribution in [0.5, 0.6) is 17.2 Å². The Labute approximate surface area is 204 Å². The van der Waals surface area contributed by atoms with E-state index in [1.165, 1.54) is 26.4 Å². The zero-order chi connectivity index (χ0) is 26.5. The topological polar surface area (TPSA) is 188 Å². The highest BCUT2D eigenvalue weighted by Crippen LogP contribution is 2.34. The van der Waals surface area contributed by atoms with E-state index < -0.39 is 17.8 Å². The Kier molecular flexibility index (Phi) is 11.7. The average molecular weight is 511 g/mol. The van der Waals surface area contributed by atoms with Crippen LogP contribution < -0.4 is 20.1 Å². The number of carboxylic acid groups (broad SMARTS) is 2. The number of carbonyl (C=O) groups is 4. The summed E-state index contributed by atoms with van der Waals surface area (Å²) in [5, 5.41) is 32.6. The lowest BCUT2D eigenvalue weighted by molar-refractivity contribution is -0.134. The van der Waals surface area contributed by atoms with Crippen LogP contribution in [0.4, 0.5) is 5.13 Å². The molecule has 190 valence electrons. The summed E-state index contributed by atoms with van der Waals surface area (Å²) >= 11 is 1.13. The van der Waals surface area contributed by atoms with Gasteiger partial charge in [-0.2, -0.15) is 0 Å². The van der Waals surface area contributed by atoms with Crippen LogP contribution in [0.1, 0.15) is 20.8 Å². The standard InChI is InChI=1S/C17H22N4O5S.C4H4O4/c1-21(2)6-5-18-16(24)11-9-27-17(19-11)20-15(23)10-7-14(26-4)12(22)8-13(10)25-3;5-3(6)1-2-4(7)8/h7-9,22H,5-6H2,1-4H3,(H,18,24)(H,19,20,23);1-2H,(H,5,6)(H,7,8). The fraction of sp³-hybridized carbons (Fsp3) is 0.286. The Morgan fingerprint density at radius 3 is 2.14 bits per heavy atom. The van der Waals surface area contributed by atoms with Gasteiger partial charge in [-0.25, -0.2) is 14.6 Å². The number of hydrogen-bond donors (Lipinski definition) is 5. The Hall–Kier alpha value is -4.17. The first kappa shape index (κ1) is 28.9. The van der Waals surface area contributed by atoms with Crippen molar-refractivity contribution in [1.29, 1.82) is 0 Å². The summed E-state index contributed by atoms with van der Waals surface area (Å²) in [7, 11) is 6.59. The number of carbonyl (C=O) groups excluding carboxylic acids is 2. The number of nitrogens with one attached hydrogen (secondary N) is 2. The monoisotopic (exact) mass is 510 g/mol. The maximum Gasteiger partial charge on any atom is 0.328 e. The first-order chi connectivity index (χ1) is 16.5. The van der Waals surface area contributed by atoms with Gasteiger partial charge in [0.15, 0.2) is 16.6 Å². The normalized spacial score (nSPS) is 10.3. The van der Waals surface area contributed by atoms with E-state index in [0.717, 1.165) is 11.3 Å². The van der Waals surface area contributed by atoms with Gasteiger partial charge >= 0.3 is 11.9 Å². The summed E-state index contributed by atoms with van der Waals surface area (Å²) in [6, 6.07) is 2.66. The number of methoxy groups -OCH3 is 2. The van der Waals surface area contributed by atoms with E-state index in [2.05, 4.69) is 15.6 Å². The van der Waals surface area contributed by atoms with Gasteiger partial charge in [-0.15, -0.1) is 11.3 Å². The number of benzene rings is 1. The fourth-order valence-corrected chi connectivity index (χ4v) is 2.97. The number of nitrogens with zero attached hydrogens (tertiary/aromatic N) is 2. The Morgan fingerprint density at radius 2 is 1.63 bits per heavy atom. The lowest BCUT2D eigenvalue weighted by atomic mass is 10.1. The highest BCUT2D eigenvalue weighted by atomic mass is 32.1. The van der Waals surface area contributed by atoms with Gasteiger partial charge in [0, 0.05) is 42.8 Å². The SMILES string of the molecule is COc1cc(C(=O)Nc2nc(C(=O)NCCN(C)C)cs2)c(OC)cc1O.O=C(O)C=CC(=O)O. The van der Waals surface area contributed by atoms with Gasteiger partial charge in [0.05, 0.1) is 19.8 Å². The first-order valence-corrected chi connectivity index (χ1v) is 10.6. The second-order valence-electron chi connectivity index (χ2n) is 6.79. The van der Waals surface area contributed by atoms with E-state index in [-0.39, 0.29) is 39.5 Å². The van der Waals surface area contributed by atoms with Gasteiger partial charge < -0.3 is 35.0 Å². The number of ether oxygens (including phenoxy) is 2. The molecule has 13 nitrogen and oxygen atoms in total. The van der Waals surface area contributed by atoms with Crippen molar-refractivity contribution in [2.24, 2.45) is 0 Å². The molecule has 14 heteroatoms. The number of thiazole rings is 1. The van der Waals surface area contributed by atoms with Crippen molar-refractivity contribution < 1.29 is 44.0 Å². The Bertz CT molecular complexity index is 1070. The molecule has 1 aromatic heterocycles. The molecule has 0 fully saturated rings. The highest BCUT2D eigenvalue weighted by Gasteiger charge is 2.19. The van der Waals surface area contributed by atoms with Gasteiger partial charge in [0.2, 0.25) is 0 Å². The summed E-state index contributed by atoms with van der Waals surface area (Å²) in [5.74, 6) is -3.14. The number of rotatable bonds is 10. The Morgan fingerprint density at radius 1 is 1.03 bits per heavy atom. The number of aromatic hydroxyl groups is 1. The summed E-state index contributed by atoms with van der Waals surface area (Å²) in [6.07, 6.45) is 1.12. The zero-order valence-electron chi connectivity index (χ0n) is 19.4. The minimum Gasteiger partial charge on any atom is -0.504 e. The minimum atomic E-state index is -1.26. The number of likely N-dealkylation sites (N-methyl/N-ethyl adjacent to an activating group) is 1. The number of carboxylic acids is 2. The predicted molar refractivity (Wildman–Crippen MR) is 127 cm³/mol. The lowest BCUT2D eigenvalue weighted by Crippen LogP contribution is -2.31. The number of aliphatic carboxylic acids is 2. The van der Waals surface area contributed by atoms with Gasteiger partial charge in [0.25, 0.3) is 11.8 Å². The second kappa shape index (κ2) is 14.2. The molecule has 2 rings (SSSR count). The molecule has 0 spiro atoms. The van der Waals surface area contributed by atoms with Crippen LogP contribution in [0.2, 0.25) is 0 Å². The van der Waals surface area contributed by atoms with Gasteiger partial charge in [-0.1, -0.05) is 0 Å². The number of phenols is 1. The molecule has 2 aromatic rings. The largest absolute Gasteiger partial charge is 0.504 e. The van der Waals surface area contributed by atoms with Crippen LogP contribution in [0.15, 0.2) is 29.7 Å². The van der Waals surface area contributed by atoms with Gasteiger partial charge in [-0.3, -0.25) is 14.9 Å². The Balaban J connectivity index is 0.000000658. The number of aromatic nitrogens is 1. The number of hydrogen-bond acceptors (Lipinski definition) is 10. The highest BCUT2D eigenvalue weighted by molar-refractivity contribution is 7.14. The molecular weight excluding hydrogens is 484 g/mol. The van der Waals surface area contributed by atoms with Crippen LogP contribution in [0, 0.1) is 0 Å². The zero-order valence-corrected chi connectivity index (χ0v) is 20.2. The number of amides is 2. The molecule has 35 heavy (non-hydrogen) atoms. The minimum absolute atomic E-state index is 0.140.